The van der Waals surface area contributed by atoms with Gasteiger partial charge in [0.05, 0.1) is 18.3 Å². The minimum Gasteiger partial charge on any atom is -0.476 e. The molecule has 0 amide bonds. The maximum Gasteiger partial charge on any atom is 0.358 e. The highest BCUT2D eigenvalue weighted by atomic mass is 16.7. The van der Waals surface area contributed by atoms with Crippen LogP contribution in [0.1, 0.15) is 31.3 Å². The third kappa shape index (κ3) is 4.37. The summed E-state index contributed by atoms with van der Waals surface area (Å²) in [5.41, 5.74) is 2.46. The summed E-state index contributed by atoms with van der Waals surface area (Å²) in [4.78, 5) is 15.8. The van der Waals surface area contributed by atoms with Crippen molar-refractivity contribution in [3.8, 4) is 0 Å². The highest BCUT2D eigenvalue weighted by molar-refractivity contribution is 5.84. The van der Waals surface area contributed by atoms with Gasteiger partial charge in [0.1, 0.15) is 0 Å². The zero-order valence-corrected chi connectivity index (χ0v) is 9.60. The Balaban J connectivity index is 2.30. The van der Waals surface area contributed by atoms with Crippen molar-refractivity contribution in [1.82, 2.24) is 20.5 Å². The Bertz CT molecular complexity index is 356. The topological polar surface area (TPSA) is 89.3 Å². The van der Waals surface area contributed by atoms with Gasteiger partial charge in [-0.1, -0.05) is 5.21 Å². The number of hydrogen-bond donors (Lipinski definition) is 2. The maximum atomic E-state index is 10.5. The fourth-order valence-corrected chi connectivity index (χ4v) is 0.933. The smallest absolute Gasteiger partial charge is 0.358 e. The molecule has 0 atom stereocenters. The van der Waals surface area contributed by atoms with Gasteiger partial charge in [-0.25, -0.2) is 10.3 Å². The number of hydrogen-bond acceptors (Lipinski definition) is 5. The lowest BCUT2D eigenvalue weighted by atomic mass is 10.2. The molecule has 1 aromatic rings. The molecule has 16 heavy (non-hydrogen) atoms. The summed E-state index contributed by atoms with van der Waals surface area (Å²) >= 11 is 0. The Morgan fingerprint density at radius 1 is 1.62 bits per heavy atom. The summed E-state index contributed by atoms with van der Waals surface area (Å²) in [7, 11) is 0. The van der Waals surface area contributed by atoms with Crippen LogP contribution in [0.25, 0.3) is 0 Å². The number of rotatable bonds is 5. The number of carboxylic acids is 1. The molecule has 0 fully saturated rings. The average Bonchev–Trinajstić information content (AvgIpc) is 2.59. The molecule has 0 radical (unpaired) electrons. The van der Waals surface area contributed by atoms with Crippen LogP contribution < -0.4 is 5.48 Å². The van der Waals surface area contributed by atoms with E-state index in [1.807, 2.05) is 20.8 Å². The molecule has 0 aliphatic heterocycles. The van der Waals surface area contributed by atoms with Crippen molar-refractivity contribution >= 4 is 5.97 Å². The van der Waals surface area contributed by atoms with Gasteiger partial charge < -0.3 is 5.11 Å². The van der Waals surface area contributed by atoms with Crippen LogP contribution in [0.2, 0.25) is 0 Å². The largest absolute Gasteiger partial charge is 0.476 e. The second-order valence-electron chi connectivity index (χ2n) is 4.28. The van der Waals surface area contributed by atoms with Crippen LogP contribution in [0, 0.1) is 0 Å². The van der Waals surface area contributed by atoms with E-state index < -0.39 is 5.97 Å². The molecule has 1 aromatic heterocycles. The Hall–Kier alpha value is -1.47. The normalized spacial score (nSPS) is 11.7. The highest BCUT2D eigenvalue weighted by Crippen LogP contribution is 2.03. The van der Waals surface area contributed by atoms with Crippen LogP contribution in [-0.4, -0.2) is 38.2 Å². The second-order valence-corrected chi connectivity index (χ2v) is 4.28. The molecule has 0 unspecified atom stereocenters. The summed E-state index contributed by atoms with van der Waals surface area (Å²) in [5.74, 6) is -1.08. The van der Waals surface area contributed by atoms with E-state index >= 15 is 0 Å². The van der Waals surface area contributed by atoms with Gasteiger partial charge >= 0.3 is 5.97 Å². The standard InChI is InChI=1S/C9H16N4O3/c1-9(2,3)16-10-4-5-13-6-7(8(14)15)11-12-13/h6,10H,4-5H2,1-3H3,(H,14,15). The van der Waals surface area contributed by atoms with E-state index in [2.05, 4.69) is 15.8 Å². The number of carbonyl (C=O) groups is 1. The summed E-state index contributed by atoms with van der Waals surface area (Å²) in [6.45, 7) is 6.81. The Morgan fingerprint density at radius 2 is 2.31 bits per heavy atom. The molecular formula is C9H16N4O3. The molecule has 1 rings (SSSR count). The van der Waals surface area contributed by atoms with E-state index in [0.29, 0.717) is 13.1 Å². The molecule has 0 spiro atoms. The van der Waals surface area contributed by atoms with Crippen LogP contribution in [-0.2, 0) is 11.4 Å². The summed E-state index contributed by atoms with van der Waals surface area (Å²) in [5, 5.41) is 15.8. The van der Waals surface area contributed by atoms with Gasteiger partial charge in [-0.15, -0.1) is 5.10 Å². The average molecular weight is 228 g/mol. The van der Waals surface area contributed by atoms with E-state index in [4.69, 9.17) is 9.94 Å². The first kappa shape index (κ1) is 12.6. The van der Waals surface area contributed by atoms with E-state index in [1.54, 1.807) is 0 Å². The maximum absolute atomic E-state index is 10.5. The predicted molar refractivity (Wildman–Crippen MR) is 55.8 cm³/mol. The zero-order valence-electron chi connectivity index (χ0n) is 9.60. The Kier molecular flexibility index (Phi) is 3.97. The van der Waals surface area contributed by atoms with E-state index in [-0.39, 0.29) is 11.3 Å². The first-order valence-corrected chi connectivity index (χ1v) is 4.93. The van der Waals surface area contributed by atoms with Crippen LogP contribution in [0.4, 0.5) is 0 Å². The van der Waals surface area contributed by atoms with Gasteiger partial charge in [0.15, 0.2) is 5.69 Å². The van der Waals surface area contributed by atoms with E-state index in [0.717, 1.165) is 0 Å². The van der Waals surface area contributed by atoms with Gasteiger partial charge in [0.25, 0.3) is 0 Å². The predicted octanol–water partition coefficient (Wildman–Crippen LogP) is 0.296. The van der Waals surface area contributed by atoms with Gasteiger partial charge in [0.2, 0.25) is 0 Å². The number of nitrogens with one attached hydrogen (secondary N) is 1. The van der Waals surface area contributed by atoms with Crippen molar-refractivity contribution in [3.05, 3.63) is 11.9 Å². The molecule has 7 nitrogen and oxygen atoms in total. The van der Waals surface area contributed by atoms with Crippen molar-refractivity contribution in [2.75, 3.05) is 6.54 Å². The van der Waals surface area contributed by atoms with Crippen LogP contribution >= 0.6 is 0 Å². The third-order valence-electron chi connectivity index (χ3n) is 1.58. The van der Waals surface area contributed by atoms with Crippen molar-refractivity contribution in [3.63, 3.8) is 0 Å². The number of aromatic carboxylic acids is 1. The molecule has 2 N–H and O–H groups in total. The Labute approximate surface area is 93.4 Å². The van der Waals surface area contributed by atoms with Gasteiger partial charge in [0, 0.05) is 6.54 Å². The van der Waals surface area contributed by atoms with Crippen molar-refractivity contribution in [2.45, 2.75) is 32.9 Å². The minimum atomic E-state index is -1.08. The highest BCUT2D eigenvalue weighted by Gasteiger charge is 2.10. The van der Waals surface area contributed by atoms with E-state index in [9.17, 15) is 4.79 Å². The number of nitrogens with zero attached hydrogens (tertiary/aromatic N) is 3. The van der Waals surface area contributed by atoms with Crippen molar-refractivity contribution in [2.24, 2.45) is 0 Å². The first-order chi connectivity index (χ1) is 7.38. The van der Waals surface area contributed by atoms with Crippen molar-refractivity contribution < 1.29 is 14.7 Å². The molecule has 0 aliphatic rings. The van der Waals surface area contributed by atoms with Gasteiger partial charge in [-0.05, 0) is 20.8 Å². The van der Waals surface area contributed by atoms with Crippen molar-refractivity contribution in [1.29, 1.82) is 0 Å². The molecule has 0 saturated heterocycles. The molecule has 0 saturated carbocycles. The monoisotopic (exact) mass is 228 g/mol. The minimum absolute atomic E-state index is 0.0586. The lowest BCUT2D eigenvalue weighted by Gasteiger charge is -2.19. The summed E-state index contributed by atoms with van der Waals surface area (Å²) < 4.78 is 1.45. The summed E-state index contributed by atoms with van der Waals surface area (Å²) in [6.07, 6.45) is 1.38. The van der Waals surface area contributed by atoms with Gasteiger partial charge in [-0.2, -0.15) is 0 Å². The first-order valence-electron chi connectivity index (χ1n) is 4.93. The second kappa shape index (κ2) is 5.04. The van der Waals surface area contributed by atoms with Crippen LogP contribution in [0.3, 0.4) is 0 Å². The lowest BCUT2D eigenvalue weighted by molar-refractivity contribution is -0.0734. The molecule has 1 heterocycles. The summed E-state index contributed by atoms with van der Waals surface area (Å²) in [6, 6.07) is 0. The number of carboxylic acid groups (broad SMARTS) is 1. The molecule has 90 valence electrons. The molecule has 0 bridgehead atoms. The SMILES string of the molecule is CC(C)(C)ONCCn1cc(C(=O)O)nn1. The fourth-order valence-electron chi connectivity index (χ4n) is 0.933. The van der Waals surface area contributed by atoms with Crippen LogP contribution in [0.5, 0.6) is 0 Å². The zero-order chi connectivity index (χ0) is 12.2. The lowest BCUT2D eigenvalue weighted by Crippen LogP contribution is -2.31. The number of hydroxylamine groups is 1. The Morgan fingerprint density at radius 3 is 2.81 bits per heavy atom. The van der Waals surface area contributed by atoms with Crippen LogP contribution in [0.15, 0.2) is 6.20 Å². The quantitative estimate of drug-likeness (QED) is 0.556. The van der Waals surface area contributed by atoms with Gasteiger partial charge in [-0.3, -0.25) is 9.52 Å². The third-order valence-corrected chi connectivity index (χ3v) is 1.58. The molecule has 7 heteroatoms. The molecule has 0 aromatic carbocycles. The number of aromatic nitrogens is 3. The molecular weight excluding hydrogens is 212 g/mol. The fraction of sp³-hybridized carbons (Fsp3) is 0.667. The molecule has 0 aliphatic carbocycles. The van der Waals surface area contributed by atoms with E-state index in [1.165, 1.54) is 10.9 Å².